The molecule has 2 aromatic heterocycles. The van der Waals surface area contributed by atoms with Crippen molar-refractivity contribution in [2.45, 2.75) is 32.2 Å². The van der Waals surface area contributed by atoms with E-state index in [1.165, 1.54) is 0 Å². The number of carbonyl (C=O) groups excluding carboxylic acids is 2. The number of aryl methyl sites for hydroxylation is 1. The molecule has 2 aliphatic heterocycles. The molecule has 1 saturated heterocycles. The lowest BCUT2D eigenvalue weighted by Gasteiger charge is -2.35. The monoisotopic (exact) mass is 445 g/mol. The minimum absolute atomic E-state index is 0.110. The van der Waals surface area contributed by atoms with Gasteiger partial charge in [-0.3, -0.25) is 14.4 Å². The minimum atomic E-state index is -0.199. The molecule has 0 bridgehead atoms. The van der Waals surface area contributed by atoms with Crippen LogP contribution in [0.5, 0.6) is 0 Å². The minimum Gasteiger partial charge on any atom is -0.340 e. The van der Waals surface area contributed by atoms with Crippen LogP contribution in [-0.4, -0.2) is 61.9 Å². The van der Waals surface area contributed by atoms with Crippen molar-refractivity contribution in [2.24, 2.45) is 0 Å². The predicted octanol–water partition coefficient (Wildman–Crippen LogP) is 2.20. The van der Waals surface area contributed by atoms with Crippen LogP contribution >= 0.6 is 0 Å². The second-order valence-corrected chi connectivity index (χ2v) is 8.71. The molecule has 0 spiro atoms. The highest BCUT2D eigenvalue weighted by Crippen LogP contribution is 2.28. The first-order valence-corrected chi connectivity index (χ1v) is 11.4. The molecule has 8 nitrogen and oxygen atoms in total. The number of amides is 2. The molecule has 4 heterocycles. The number of fused-ring (bicyclic) bond motifs is 1. The Morgan fingerprint density at radius 2 is 1.73 bits per heavy atom. The maximum Gasteiger partial charge on any atom is 0.275 e. The van der Waals surface area contributed by atoms with Crippen LogP contribution in [0.2, 0.25) is 0 Å². The highest BCUT2D eigenvalue weighted by Gasteiger charge is 2.31. The molecule has 170 valence electrons. The molecule has 2 amide bonds. The van der Waals surface area contributed by atoms with Gasteiger partial charge >= 0.3 is 0 Å². The fraction of sp³-hybridized carbons (Fsp3) is 0.360. The first kappa shape index (κ1) is 21.2. The quantitative estimate of drug-likeness (QED) is 0.603. The van der Waals surface area contributed by atoms with Crippen molar-refractivity contribution in [1.29, 1.82) is 0 Å². The lowest BCUT2D eigenvalue weighted by Crippen LogP contribution is -2.49. The summed E-state index contributed by atoms with van der Waals surface area (Å²) in [5.41, 5.74) is 2.54. The Bertz CT molecular complexity index is 1250. The van der Waals surface area contributed by atoms with E-state index in [9.17, 15) is 14.4 Å². The van der Waals surface area contributed by atoms with E-state index in [1.54, 1.807) is 38.7 Å². The summed E-state index contributed by atoms with van der Waals surface area (Å²) in [5.74, 6) is -0.147. The molecule has 1 aromatic carbocycles. The van der Waals surface area contributed by atoms with Gasteiger partial charge in [-0.25, -0.2) is 4.98 Å². The average molecular weight is 446 g/mol. The fourth-order valence-corrected chi connectivity index (χ4v) is 4.82. The third-order valence-electron chi connectivity index (χ3n) is 6.62. The maximum absolute atomic E-state index is 13.1. The second kappa shape index (κ2) is 8.69. The molecule has 8 heteroatoms. The number of nitrogens with zero attached hydrogens (tertiary/aromatic N) is 5. The highest BCUT2D eigenvalue weighted by atomic mass is 16.2. The van der Waals surface area contributed by atoms with Crippen molar-refractivity contribution in [1.82, 2.24) is 23.9 Å². The molecule has 5 rings (SSSR count). The van der Waals surface area contributed by atoms with Gasteiger partial charge in [0.05, 0.1) is 17.9 Å². The molecule has 0 aliphatic carbocycles. The number of imidazole rings is 1. The highest BCUT2D eigenvalue weighted by molar-refractivity contribution is 5.93. The van der Waals surface area contributed by atoms with Gasteiger partial charge in [0.2, 0.25) is 5.91 Å². The number of rotatable bonds is 5. The van der Waals surface area contributed by atoms with Gasteiger partial charge < -0.3 is 18.9 Å². The number of hydrogen-bond acceptors (Lipinski definition) is 4. The zero-order chi connectivity index (χ0) is 22.9. The van der Waals surface area contributed by atoms with Crippen molar-refractivity contribution in [2.75, 3.05) is 26.2 Å². The number of benzene rings is 1. The Kier molecular flexibility index (Phi) is 5.58. The van der Waals surface area contributed by atoms with Gasteiger partial charge in [-0.1, -0.05) is 30.3 Å². The number of piperidine rings is 1. The molecule has 1 fully saturated rings. The zero-order valence-electron chi connectivity index (χ0n) is 18.7. The van der Waals surface area contributed by atoms with Gasteiger partial charge in [0.15, 0.2) is 0 Å². The van der Waals surface area contributed by atoms with Gasteiger partial charge in [-0.05, 0) is 37.5 Å². The van der Waals surface area contributed by atoms with E-state index in [2.05, 4.69) is 4.98 Å². The molecule has 0 N–H and O–H groups in total. The lowest BCUT2D eigenvalue weighted by molar-refractivity contribution is -0.135. The summed E-state index contributed by atoms with van der Waals surface area (Å²) in [4.78, 5) is 47.0. The van der Waals surface area contributed by atoms with Crippen LogP contribution < -0.4 is 5.56 Å². The molecule has 0 saturated carbocycles. The van der Waals surface area contributed by atoms with E-state index in [4.69, 9.17) is 0 Å². The smallest absolute Gasteiger partial charge is 0.275 e. The summed E-state index contributed by atoms with van der Waals surface area (Å²) in [5, 5.41) is 0. The zero-order valence-corrected chi connectivity index (χ0v) is 18.7. The van der Waals surface area contributed by atoms with Gasteiger partial charge in [0.1, 0.15) is 11.4 Å². The van der Waals surface area contributed by atoms with Crippen LogP contribution in [0, 0.1) is 6.92 Å². The number of hydrogen-bond donors (Lipinski definition) is 0. The molecule has 1 atom stereocenters. The number of aromatic nitrogens is 3. The molecule has 3 aromatic rings. The summed E-state index contributed by atoms with van der Waals surface area (Å²) in [6.07, 6.45) is 5.21. The Hall–Kier alpha value is -3.68. The van der Waals surface area contributed by atoms with Crippen molar-refractivity contribution < 1.29 is 9.59 Å². The Morgan fingerprint density at radius 3 is 2.48 bits per heavy atom. The molecular formula is C25H27N5O3. The van der Waals surface area contributed by atoms with Crippen LogP contribution in [0.4, 0.5) is 0 Å². The lowest BCUT2D eigenvalue weighted by atomic mass is 9.90. The third kappa shape index (κ3) is 3.97. The van der Waals surface area contributed by atoms with Gasteiger partial charge in [-0.15, -0.1) is 0 Å². The first-order valence-electron chi connectivity index (χ1n) is 11.4. The van der Waals surface area contributed by atoms with Crippen LogP contribution in [-0.2, 0) is 11.3 Å². The van der Waals surface area contributed by atoms with E-state index in [-0.39, 0.29) is 23.3 Å². The fourth-order valence-electron chi connectivity index (χ4n) is 4.82. The molecule has 1 unspecified atom stereocenters. The Balaban J connectivity index is 1.28. The Morgan fingerprint density at radius 1 is 0.939 bits per heavy atom. The van der Waals surface area contributed by atoms with Crippen LogP contribution in [0.3, 0.4) is 0 Å². The average Bonchev–Trinajstić information content (AvgIpc) is 3.26. The van der Waals surface area contributed by atoms with E-state index in [1.807, 2.05) is 42.2 Å². The molecule has 2 aliphatic rings. The predicted molar refractivity (Wildman–Crippen MR) is 123 cm³/mol. The number of carbonyl (C=O) groups is 2. The number of pyridine rings is 1. The summed E-state index contributed by atoms with van der Waals surface area (Å²) < 4.78 is 3.23. The standard InChI is InChI=1S/C25H27N5O3/c1-18-16-29(17-26-18)21-9-10-22-24(32)28(14-15-30(22)25(21)33)13-12-27-11-5-8-20(23(27)31)19-6-3-2-4-7-19/h2-4,6-7,9-10,16-17,20H,5,8,11-15H2,1H3. The SMILES string of the molecule is Cc1cn(-c2ccc3n(c2=O)CCN(CCN2CCCC(c4ccccc4)C2=O)C3=O)cn1. The topological polar surface area (TPSA) is 80.4 Å². The first-order chi connectivity index (χ1) is 16.0. The van der Waals surface area contributed by atoms with Crippen molar-refractivity contribution >= 4 is 11.8 Å². The van der Waals surface area contributed by atoms with Gasteiger partial charge in [-0.2, -0.15) is 0 Å². The number of likely N-dealkylation sites (tertiary alicyclic amines) is 1. The second-order valence-electron chi connectivity index (χ2n) is 8.71. The van der Waals surface area contributed by atoms with Gasteiger partial charge in [0, 0.05) is 38.9 Å². The van der Waals surface area contributed by atoms with Crippen molar-refractivity contribution in [3.05, 3.63) is 82.3 Å². The summed E-state index contributed by atoms with van der Waals surface area (Å²) >= 11 is 0. The summed E-state index contributed by atoms with van der Waals surface area (Å²) in [6, 6.07) is 13.3. The van der Waals surface area contributed by atoms with E-state index in [0.717, 1.165) is 24.1 Å². The van der Waals surface area contributed by atoms with E-state index in [0.29, 0.717) is 44.1 Å². The summed E-state index contributed by atoms with van der Waals surface area (Å²) in [6.45, 7) is 4.43. The largest absolute Gasteiger partial charge is 0.340 e. The molecular weight excluding hydrogens is 418 g/mol. The summed E-state index contributed by atoms with van der Waals surface area (Å²) in [7, 11) is 0. The van der Waals surface area contributed by atoms with Crippen LogP contribution in [0.15, 0.2) is 59.8 Å². The van der Waals surface area contributed by atoms with Gasteiger partial charge in [0.25, 0.3) is 11.5 Å². The molecule has 0 radical (unpaired) electrons. The van der Waals surface area contributed by atoms with Crippen LogP contribution in [0.1, 0.15) is 40.5 Å². The third-order valence-corrected chi connectivity index (χ3v) is 6.62. The van der Waals surface area contributed by atoms with E-state index < -0.39 is 0 Å². The Labute approximate surface area is 192 Å². The molecule has 33 heavy (non-hydrogen) atoms. The van der Waals surface area contributed by atoms with Crippen molar-refractivity contribution in [3.8, 4) is 5.69 Å². The van der Waals surface area contributed by atoms with Crippen molar-refractivity contribution in [3.63, 3.8) is 0 Å². The maximum atomic E-state index is 13.1. The van der Waals surface area contributed by atoms with Crippen LogP contribution in [0.25, 0.3) is 5.69 Å². The normalized spacial score (nSPS) is 18.5. The van der Waals surface area contributed by atoms with E-state index >= 15 is 0 Å².